The number of aromatic nitrogens is 1. The Bertz CT molecular complexity index is 517. The van der Waals surface area contributed by atoms with Crippen LogP contribution < -0.4 is 0 Å². The van der Waals surface area contributed by atoms with E-state index < -0.39 is 5.97 Å². The van der Waals surface area contributed by atoms with Crippen molar-refractivity contribution in [1.82, 2.24) is 5.16 Å². The number of thiophene rings is 1. The molecule has 1 N–H and O–H groups in total. The molecule has 78 valence electrons. The van der Waals surface area contributed by atoms with E-state index in [2.05, 4.69) is 21.1 Å². The van der Waals surface area contributed by atoms with Gasteiger partial charge >= 0.3 is 5.97 Å². The fourth-order valence-corrected chi connectivity index (χ4v) is 2.77. The predicted molar refractivity (Wildman–Crippen MR) is 59.2 cm³/mol. The van der Waals surface area contributed by atoms with Crippen molar-refractivity contribution in [2.75, 3.05) is 0 Å². The molecule has 0 bridgehead atoms. The molecule has 2 heterocycles. The van der Waals surface area contributed by atoms with Gasteiger partial charge < -0.3 is 9.63 Å². The fraction of sp³-hybridized carbons (Fsp3) is 0.111. The predicted octanol–water partition coefficient (Wildman–Crippen LogP) is 3.17. The Labute approximate surface area is 97.6 Å². The molecule has 2 rings (SSSR count). The highest BCUT2D eigenvalue weighted by molar-refractivity contribution is 9.10. The van der Waals surface area contributed by atoms with Gasteiger partial charge in [-0.05, 0) is 28.9 Å². The zero-order valence-corrected chi connectivity index (χ0v) is 10.1. The summed E-state index contributed by atoms with van der Waals surface area (Å²) in [5, 5.41) is 14.3. The Morgan fingerprint density at radius 1 is 1.67 bits per heavy atom. The van der Waals surface area contributed by atoms with Gasteiger partial charge in [-0.15, -0.1) is 11.3 Å². The van der Waals surface area contributed by atoms with Gasteiger partial charge in [-0.25, -0.2) is 4.79 Å². The first-order chi connectivity index (χ1) is 7.09. The normalized spacial score (nSPS) is 10.5. The number of halogens is 1. The van der Waals surface area contributed by atoms with Crippen molar-refractivity contribution in [3.05, 3.63) is 27.4 Å². The molecule has 0 saturated carbocycles. The van der Waals surface area contributed by atoms with E-state index in [0.29, 0.717) is 11.3 Å². The van der Waals surface area contributed by atoms with E-state index in [-0.39, 0.29) is 5.69 Å². The maximum absolute atomic E-state index is 10.9. The summed E-state index contributed by atoms with van der Waals surface area (Å²) in [5.41, 5.74) is 0.514. The Hall–Kier alpha value is -1.14. The van der Waals surface area contributed by atoms with Crippen LogP contribution in [0.15, 0.2) is 20.4 Å². The van der Waals surface area contributed by atoms with Crippen molar-refractivity contribution in [2.24, 2.45) is 0 Å². The maximum Gasteiger partial charge on any atom is 0.358 e. The molecule has 0 saturated heterocycles. The molecule has 0 aromatic carbocycles. The second-order valence-corrected chi connectivity index (χ2v) is 4.72. The van der Waals surface area contributed by atoms with Gasteiger partial charge in [-0.2, -0.15) is 0 Å². The van der Waals surface area contributed by atoms with E-state index in [1.165, 1.54) is 11.3 Å². The first-order valence-electron chi connectivity index (χ1n) is 4.03. The Balaban J connectivity index is 2.60. The summed E-state index contributed by atoms with van der Waals surface area (Å²) in [6, 6.07) is 1.84. The van der Waals surface area contributed by atoms with E-state index in [9.17, 15) is 4.79 Å². The summed E-state index contributed by atoms with van der Waals surface area (Å²) in [6.07, 6.45) is 0. The SMILES string of the molecule is Cc1onc(C(=O)O)c1-c1cc(Br)cs1. The molecule has 0 aliphatic heterocycles. The van der Waals surface area contributed by atoms with Crippen LogP contribution in [0.25, 0.3) is 10.4 Å². The number of hydrogen-bond donors (Lipinski definition) is 1. The second-order valence-electron chi connectivity index (χ2n) is 2.90. The van der Waals surface area contributed by atoms with E-state index in [1.807, 2.05) is 11.4 Å². The van der Waals surface area contributed by atoms with Crippen molar-refractivity contribution >= 4 is 33.2 Å². The quantitative estimate of drug-likeness (QED) is 0.921. The van der Waals surface area contributed by atoms with E-state index in [0.717, 1.165) is 9.35 Å². The molecule has 15 heavy (non-hydrogen) atoms. The molecular formula is C9H6BrNO3S. The number of carbonyl (C=O) groups is 1. The summed E-state index contributed by atoms with van der Waals surface area (Å²) < 4.78 is 5.80. The highest BCUT2D eigenvalue weighted by atomic mass is 79.9. The monoisotopic (exact) mass is 287 g/mol. The van der Waals surface area contributed by atoms with Crippen LogP contribution in [0.1, 0.15) is 16.2 Å². The minimum absolute atomic E-state index is 0.0400. The minimum atomic E-state index is -1.08. The van der Waals surface area contributed by atoms with Gasteiger partial charge in [-0.1, -0.05) is 5.16 Å². The van der Waals surface area contributed by atoms with Gasteiger partial charge in [0.1, 0.15) is 5.76 Å². The molecule has 0 amide bonds. The van der Waals surface area contributed by atoms with E-state index in [1.54, 1.807) is 6.92 Å². The third-order valence-electron chi connectivity index (χ3n) is 1.88. The third-order valence-corrected chi connectivity index (χ3v) is 3.59. The van der Waals surface area contributed by atoms with Gasteiger partial charge in [0.05, 0.1) is 5.56 Å². The van der Waals surface area contributed by atoms with Gasteiger partial charge in [-0.3, -0.25) is 0 Å². The van der Waals surface area contributed by atoms with Crippen molar-refractivity contribution in [3.8, 4) is 10.4 Å². The highest BCUT2D eigenvalue weighted by Crippen LogP contribution is 2.34. The molecule has 0 aliphatic rings. The Morgan fingerprint density at radius 3 is 2.93 bits per heavy atom. The topological polar surface area (TPSA) is 63.3 Å². The Kier molecular flexibility index (Phi) is 2.62. The van der Waals surface area contributed by atoms with Gasteiger partial charge in [0.2, 0.25) is 0 Å². The molecule has 2 aromatic rings. The zero-order valence-electron chi connectivity index (χ0n) is 7.65. The molecule has 0 spiro atoms. The molecule has 2 aromatic heterocycles. The average molecular weight is 288 g/mol. The van der Waals surface area contributed by atoms with Crippen LogP contribution >= 0.6 is 27.3 Å². The lowest BCUT2D eigenvalue weighted by Crippen LogP contribution is -1.98. The van der Waals surface area contributed by atoms with Crippen molar-refractivity contribution < 1.29 is 14.4 Å². The van der Waals surface area contributed by atoms with Crippen molar-refractivity contribution in [2.45, 2.75) is 6.92 Å². The van der Waals surface area contributed by atoms with Crippen LogP contribution in [0.5, 0.6) is 0 Å². The fourth-order valence-electron chi connectivity index (χ4n) is 1.25. The number of aromatic carboxylic acids is 1. The van der Waals surface area contributed by atoms with Crippen molar-refractivity contribution in [3.63, 3.8) is 0 Å². The second kappa shape index (κ2) is 3.79. The number of carboxylic acids is 1. The van der Waals surface area contributed by atoms with Crippen LogP contribution in [0.4, 0.5) is 0 Å². The van der Waals surface area contributed by atoms with Crippen LogP contribution in [0.3, 0.4) is 0 Å². The molecule has 6 heteroatoms. The number of aryl methyl sites for hydroxylation is 1. The van der Waals surface area contributed by atoms with Crippen molar-refractivity contribution in [1.29, 1.82) is 0 Å². The summed E-state index contributed by atoms with van der Waals surface area (Å²) >= 11 is 4.76. The first-order valence-corrected chi connectivity index (χ1v) is 5.71. The smallest absolute Gasteiger partial charge is 0.358 e. The van der Waals surface area contributed by atoms with Crippen LogP contribution in [-0.2, 0) is 0 Å². The molecule has 0 atom stereocenters. The van der Waals surface area contributed by atoms with Crippen LogP contribution in [0, 0.1) is 6.92 Å². The van der Waals surface area contributed by atoms with Crippen LogP contribution in [-0.4, -0.2) is 16.2 Å². The summed E-state index contributed by atoms with van der Waals surface area (Å²) in [4.78, 5) is 11.7. The summed E-state index contributed by atoms with van der Waals surface area (Å²) in [5.74, 6) is -0.562. The third kappa shape index (κ3) is 1.82. The molecular weight excluding hydrogens is 282 g/mol. The lowest BCUT2D eigenvalue weighted by atomic mass is 10.1. The van der Waals surface area contributed by atoms with Gasteiger partial charge in [0.25, 0.3) is 0 Å². The number of hydrogen-bond acceptors (Lipinski definition) is 4. The maximum atomic E-state index is 10.9. The lowest BCUT2D eigenvalue weighted by Gasteiger charge is -1.93. The molecule has 0 aliphatic carbocycles. The van der Waals surface area contributed by atoms with Crippen LogP contribution in [0.2, 0.25) is 0 Å². The molecule has 0 fully saturated rings. The number of nitrogens with zero attached hydrogens (tertiary/aromatic N) is 1. The molecule has 0 unspecified atom stereocenters. The Morgan fingerprint density at radius 2 is 2.40 bits per heavy atom. The first kappa shape index (κ1) is 10.4. The largest absolute Gasteiger partial charge is 0.476 e. The summed E-state index contributed by atoms with van der Waals surface area (Å²) in [7, 11) is 0. The van der Waals surface area contributed by atoms with E-state index >= 15 is 0 Å². The average Bonchev–Trinajstić information content (AvgIpc) is 2.71. The molecule has 0 radical (unpaired) electrons. The van der Waals surface area contributed by atoms with Gasteiger partial charge in [0, 0.05) is 14.7 Å². The highest BCUT2D eigenvalue weighted by Gasteiger charge is 2.21. The van der Waals surface area contributed by atoms with E-state index in [4.69, 9.17) is 9.63 Å². The lowest BCUT2D eigenvalue weighted by molar-refractivity contribution is 0.0686. The minimum Gasteiger partial charge on any atom is -0.476 e. The summed E-state index contributed by atoms with van der Waals surface area (Å²) in [6.45, 7) is 1.70. The molecule has 4 nitrogen and oxygen atoms in total. The number of rotatable bonds is 2. The number of carboxylic acid groups (broad SMARTS) is 1. The standard InChI is InChI=1S/C9H6BrNO3S/c1-4-7(6-2-5(10)3-15-6)8(9(12)13)11-14-4/h2-3H,1H3,(H,12,13). The zero-order chi connectivity index (χ0) is 11.0. The van der Waals surface area contributed by atoms with Gasteiger partial charge in [0.15, 0.2) is 5.69 Å².